The largest absolute Gasteiger partial charge is 0.497 e. The molecular weight excluding hydrogens is 386 g/mol. The first-order chi connectivity index (χ1) is 14.4. The number of carbonyl (C=O) groups excluding carboxylic acids is 3. The number of methoxy groups -OCH3 is 2. The van der Waals surface area contributed by atoms with Gasteiger partial charge in [-0.1, -0.05) is 31.2 Å². The summed E-state index contributed by atoms with van der Waals surface area (Å²) in [7, 11) is 3.14. The lowest BCUT2D eigenvalue weighted by Gasteiger charge is -2.26. The Morgan fingerprint density at radius 3 is 2.10 bits per heavy atom. The van der Waals surface area contributed by atoms with Crippen molar-refractivity contribution in [2.24, 2.45) is 0 Å². The maximum absolute atomic E-state index is 13.1. The highest BCUT2D eigenvalue weighted by Crippen LogP contribution is 2.33. The predicted octanol–water partition coefficient (Wildman–Crippen LogP) is 2.18. The number of ether oxygens (including phenoxy) is 2. The Hall–Kier alpha value is -3.55. The summed E-state index contributed by atoms with van der Waals surface area (Å²) in [5.41, 5.74) is 0.326. The van der Waals surface area contributed by atoms with Crippen LogP contribution < -0.4 is 20.1 Å². The number of amides is 4. The molecule has 2 aromatic rings. The van der Waals surface area contributed by atoms with E-state index in [1.807, 2.05) is 19.1 Å². The number of rotatable bonds is 8. The van der Waals surface area contributed by atoms with Gasteiger partial charge in [0.2, 0.25) is 5.91 Å². The predicted molar refractivity (Wildman–Crippen MR) is 110 cm³/mol. The Balaban J connectivity index is 1.67. The molecule has 0 aromatic heterocycles. The molecule has 0 spiro atoms. The minimum absolute atomic E-state index is 0.282. The Morgan fingerprint density at radius 2 is 1.57 bits per heavy atom. The summed E-state index contributed by atoms with van der Waals surface area (Å²) in [4.78, 5) is 39.0. The van der Waals surface area contributed by atoms with Gasteiger partial charge in [-0.05, 0) is 41.8 Å². The van der Waals surface area contributed by atoms with E-state index >= 15 is 0 Å². The molecule has 1 aliphatic heterocycles. The fraction of sp³-hybridized carbons (Fsp3) is 0.318. The number of hydrogen-bond donors (Lipinski definition) is 2. The lowest BCUT2D eigenvalue weighted by molar-refractivity contribution is -0.135. The van der Waals surface area contributed by atoms with Crippen LogP contribution in [0, 0.1) is 0 Å². The average Bonchev–Trinajstić information content (AvgIpc) is 3.03. The van der Waals surface area contributed by atoms with Gasteiger partial charge in [-0.3, -0.25) is 14.5 Å². The Labute approximate surface area is 175 Å². The van der Waals surface area contributed by atoms with Crippen LogP contribution in [0.4, 0.5) is 4.79 Å². The van der Waals surface area contributed by atoms with E-state index in [2.05, 4.69) is 10.6 Å². The van der Waals surface area contributed by atoms with Crippen LogP contribution >= 0.6 is 0 Å². The summed E-state index contributed by atoms with van der Waals surface area (Å²) in [5.74, 6) is 0.506. The standard InChI is InChI=1S/C22H25N3O5/c1-4-22(16-7-11-18(30-3)12-8-16)20(27)25(21(28)24-22)14-19(26)23-13-15-5-9-17(29-2)10-6-15/h5-12H,4,13-14H2,1-3H3,(H,23,26)(H,24,28)/t22-/m0/s1. The van der Waals surface area contributed by atoms with Crippen molar-refractivity contribution in [1.82, 2.24) is 15.5 Å². The molecule has 0 unspecified atom stereocenters. The highest BCUT2D eigenvalue weighted by molar-refractivity contribution is 6.09. The summed E-state index contributed by atoms with van der Waals surface area (Å²) in [6.07, 6.45) is 0.355. The number of nitrogens with one attached hydrogen (secondary N) is 2. The molecule has 1 fully saturated rings. The van der Waals surface area contributed by atoms with Gasteiger partial charge in [0.05, 0.1) is 14.2 Å². The normalized spacial score (nSPS) is 18.2. The van der Waals surface area contributed by atoms with Crippen LogP contribution in [-0.4, -0.2) is 43.5 Å². The monoisotopic (exact) mass is 411 g/mol. The molecule has 2 N–H and O–H groups in total. The van der Waals surface area contributed by atoms with Crippen molar-refractivity contribution in [1.29, 1.82) is 0 Å². The summed E-state index contributed by atoms with van der Waals surface area (Å²) in [6, 6.07) is 13.6. The van der Waals surface area contributed by atoms with Crippen LogP contribution in [0.5, 0.6) is 11.5 Å². The van der Waals surface area contributed by atoms with Crippen LogP contribution in [0.2, 0.25) is 0 Å². The number of hydrogen-bond acceptors (Lipinski definition) is 5. The number of carbonyl (C=O) groups is 3. The van der Waals surface area contributed by atoms with Gasteiger partial charge < -0.3 is 20.1 Å². The van der Waals surface area contributed by atoms with Gasteiger partial charge in [0, 0.05) is 6.54 Å². The summed E-state index contributed by atoms with van der Waals surface area (Å²) in [5, 5.41) is 5.50. The van der Waals surface area contributed by atoms with Gasteiger partial charge in [0.15, 0.2) is 0 Å². The first-order valence-corrected chi connectivity index (χ1v) is 9.61. The zero-order valence-corrected chi connectivity index (χ0v) is 17.2. The maximum Gasteiger partial charge on any atom is 0.325 e. The van der Waals surface area contributed by atoms with Crippen molar-refractivity contribution in [3.63, 3.8) is 0 Å². The van der Waals surface area contributed by atoms with Crippen LogP contribution in [0.1, 0.15) is 24.5 Å². The second-order valence-corrected chi connectivity index (χ2v) is 6.93. The van der Waals surface area contributed by atoms with E-state index in [-0.39, 0.29) is 13.1 Å². The van der Waals surface area contributed by atoms with E-state index in [0.29, 0.717) is 17.7 Å². The van der Waals surface area contributed by atoms with Gasteiger partial charge in [0.25, 0.3) is 5.91 Å². The smallest absolute Gasteiger partial charge is 0.325 e. The fourth-order valence-corrected chi connectivity index (χ4v) is 3.43. The van der Waals surface area contributed by atoms with E-state index in [0.717, 1.165) is 16.2 Å². The van der Waals surface area contributed by atoms with E-state index in [1.165, 1.54) is 0 Å². The molecule has 158 valence electrons. The molecular formula is C22H25N3O5. The number of imide groups is 1. The average molecular weight is 411 g/mol. The Kier molecular flexibility index (Phi) is 6.25. The molecule has 1 atom stereocenters. The maximum atomic E-state index is 13.1. The molecule has 4 amide bonds. The van der Waals surface area contributed by atoms with Crippen molar-refractivity contribution in [3.8, 4) is 11.5 Å². The highest BCUT2D eigenvalue weighted by atomic mass is 16.5. The van der Waals surface area contributed by atoms with E-state index in [1.54, 1.807) is 50.6 Å². The molecule has 2 aromatic carbocycles. The minimum Gasteiger partial charge on any atom is -0.497 e. The quantitative estimate of drug-likeness (QED) is 0.649. The van der Waals surface area contributed by atoms with Crippen molar-refractivity contribution >= 4 is 17.8 Å². The highest BCUT2D eigenvalue weighted by Gasteiger charge is 2.51. The zero-order valence-electron chi connectivity index (χ0n) is 17.2. The number of benzene rings is 2. The summed E-state index contributed by atoms with van der Waals surface area (Å²) < 4.78 is 10.3. The van der Waals surface area contributed by atoms with Crippen molar-refractivity contribution in [2.75, 3.05) is 20.8 Å². The summed E-state index contributed by atoms with van der Waals surface area (Å²) in [6.45, 7) is 1.75. The minimum atomic E-state index is -1.19. The molecule has 1 heterocycles. The SMILES string of the molecule is CC[C@@]1(c2ccc(OC)cc2)NC(=O)N(CC(=O)NCc2ccc(OC)cc2)C1=O. The van der Waals surface area contributed by atoms with Crippen LogP contribution in [-0.2, 0) is 21.7 Å². The third-order valence-electron chi connectivity index (χ3n) is 5.24. The van der Waals surface area contributed by atoms with Crippen molar-refractivity contribution in [2.45, 2.75) is 25.4 Å². The molecule has 3 rings (SSSR count). The Morgan fingerprint density at radius 1 is 1.00 bits per heavy atom. The van der Waals surface area contributed by atoms with E-state index in [9.17, 15) is 14.4 Å². The third kappa shape index (κ3) is 4.07. The van der Waals surface area contributed by atoms with Gasteiger partial charge in [-0.2, -0.15) is 0 Å². The van der Waals surface area contributed by atoms with Crippen LogP contribution in [0.3, 0.4) is 0 Å². The first kappa shape index (κ1) is 21.2. The summed E-state index contributed by atoms with van der Waals surface area (Å²) >= 11 is 0. The molecule has 1 saturated heterocycles. The van der Waals surface area contributed by atoms with Gasteiger partial charge in [-0.15, -0.1) is 0 Å². The molecule has 0 bridgehead atoms. The molecule has 0 aliphatic carbocycles. The molecule has 1 aliphatic rings. The van der Waals surface area contributed by atoms with Crippen LogP contribution in [0.15, 0.2) is 48.5 Å². The molecule has 0 radical (unpaired) electrons. The lowest BCUT2D eigenvalue weighted by atomic mass is 9.87. The molecule has 30 heavy (non-hydrogen) atoms. The number of urea groups is 1. The molecule has 0 saturated carbocycles. The lowest BCUT2D eigenvalue weighted by Crippen LogP contribution is -2.44. The van der Waals surface area contributed by atoms with Crippen molar-refractivity contribution in [3.05, 3.63) is 59.7 Å². The third-order valence-corrected chi connectivity index (χ3v) is 5.24. The fourth-order valence-electron chi connectivity index (χ4n) is 3.43. The van der Waals surface area contributed by atoms with Crippen LogP contribution in [0.25, 0.3) is 0 Å². The van der Waals surface area contributed by atoms with Crippen molar-refractivity contribution < 1.29 is 23.9 Å². The topological polar surface area (TPSA) is 97.0 Å². The van der Waals surface area contributed by atoms with Gasteiger partial charge in [-0.25, -0.2) is 4.79 Å². The number of nitrogens with zero attached hydrogens (tertiary/aromatic N) is 1. The zero-order chi connectivity index (χ0) is 21.7. The molecule has 8 heteroatoms. The first-order valence-electron chi connectivity index (χ1n) is 9.61. The molecule has 8 nitrogen and oxygen atoms in total. The van der Waals surface area contributed by atoms with Gasteiger partial charge >= 0.3 is 6.03 Å². The second kappa shape index (κ2) is 8.86. The Bertz CT molecular complexity index is 927. The second-order valence-electron chi connectivity index (χ2n) is 6.93. The van der Waals surface area contributed by atoms with E-state index < -0.39 is 23.4 Å². The van der Waals surface area contributed by atoms with E-state index in [4.69, 9.17) is 9.47 Å². The van der Waals surface area contributed by atoms with Gasteiger partial charge in [0.1, 0.15) is 23.6 Å².